The number of amides is 1. The number of aliphatic imine (C=N–C) groups is 1. The summed E-state index contributed by atoms with van der Waals surface area (Å²) in [5.74, 6) is -0.667. The molecule has 3 N–H and O–H groups in total. The zero-order valence-corrected chi connectivity index (χ0v) is 13.5. The topological polar surface area (TPSA) is 73.7 Å². The Balaban J connectivity index is 2.79. The third-order valence-electron chi connectivity index (χ3n) is 2.45. The van der Waals surface area contributed by atoms with Crippen LogP contribution in [-0.2, 0) is 4.79 Å². The molecule has 0 spiro atoms. The first-order valence-electron chi connectivity index (χ1n) is 6.33. The van der Waals surface area contributed by atoms with Crippen molar-refractivity contribution in [2.45, 2.75) is 6.92 Å². The summed E-state index contributed by atoms with van der Waals surface area (Å²) < 4.78 is 0. The second kappa shape index (κ2) is 8.96. The number of hydrogen-bond acceptors (Lipinski definition) is 3. The highest BCUT2D eigenvalue weighted by Crippen LogP contribution is 2.14. The van der Waals surface area contributed by atoms with E-state index in [1.165, 1.54) is 13.1 Å². The van der Waals surface area contributed by atoms with Gasteiger partial charge in [-0.1, -0.05) is 17.7 Å². The Hall–Kier alpha value is -2.18. The van der Waals surface area contributed by atoms with E-state index in [0.717, 1.165) is 0 Å². The van der Waals surface area contributed by atoms with Gasteiger partial charge in [-0.05, 0) is 43.4 Å². The minimum absolute atomic E-state index is 0.0118. The standard InChI is InChI=1S/C15H16ClN3O2S/c1-3-8-17-15(22)18-9-13(10(2)20)14(21)19-12-6-4-11(16)5-7-12/h3-7,9,20H,1,8H2,2H3,(H,17,22)(H,19,21)/b13-10-,18-9+. The van der Waals surface area contributed by atoms with Crippen LogP contribution in [0.1, 0.15) is 6.92 Å². The van der Waals surface area contributed by atoms with Crippen LogP contribution in [0.4, 0.5) is 5.69 Å². The lowest BCUT2D eigenvalue weighted by Crippen LogP contribution is -2.21. The molecule has 0 unspecified atom stereocenters. The van der Waals surface area contributed by atoms with Crippen LogP contribution < -0.4 is 10.6 Å². The van der Waals surface area contributed by atoms with Crippen molar-refractivity contribution in [2.75, 3.05) is 11.9 Å². The van der Waals surface area contributed by atoms with Crippen LogP contribution in [0.15, 0.2) is 53.2 Å². The first-order chi connectivity index (χ1) is 10.4. The number of aliphatic hydroxyl groups is 1. The summed E-state index contributed by atoms with van der Waals surface area (Å²) in [5.41, 5.74) is 0.562. The highest BCUT2D eigenvalue weighted by molar-refractivity contribution is 7.80. The molecule has 1 amide bonds. The second-order valence-electron chi connectivity index (χ2n) is 4.19. The summed E-state index contributed by atoms with van der Waals surface area (Å²) >= 11 is 10.7. The quantitative estimate of drug-likeness (QED) is 0.253. The molecule has 1 rings (SSSR count). The Morgan fingerprint density at radius 2 is 2.09 bits per heavy atom. The zero-order valence-electron chi connectivity index (χ0n) is 12.0. The van der Waals surface area contributed by atoms with Gasteiger partial charge in [0.1, 0.15) is 5.76 Å². The third kappa shape index (κ3) is 6.07. The molecule has 0 fully saturated rings. The molecule has 7 heteroatoms. The van der Waals surface area contributed by atoms with Gasteiger partial charge in [0.15, 0.2) is 5.11 Å². The number of nitrogens with one attached hydrogen (secondary N) is 2. The maximum absolute atomic E-state index is 12.1. The fraction of sp³-hybridized carbons (Fsp3) is 0.133. The molecule has 0 radical (unpaired) electrons. The average Bonchev–Trinajstić information content (AvgIpc) is 2.47. The van der Waals surface area contributed by atoms with Gasteiger partial charge in [-0.15, -0.1) is 6.58 Å². The van der Waals surface area contributed by atoms with Crippen LogP contribution in [0.3, 0.4) is 0 Å². The lowest BCUT2D eigenvalue weighted by Gasteiger charge is -2.07. The van der Waals surface area contributed by atoms with Crippen molar-refractivity contribution in [1.82, 2.24) is 5.32 Å². The molecule has 0 aliphatic carbocycles. The number of thiocarbonyl (C=S) groups is 1. The minimum atomic E-state index is -0.502. The van der Waals surface area contributed by atoms with Gasteiger partial charge in [0.2, 0.25) is 0 Å². The van der Waals surface area contributed by atoms with Crippen molar-refractivity contribution >= 4 is 46.7 Å². The summed E-state index contributed by atoms with van der Waals surface area (Å²) in [7, 11) is 0. The number of aliphatic hydroxyl groups excluding tert-OH is 1. The Morgan fingerprint density at radius 3 is 2.64 bits per heavy atom. The second-order valence-corrected chi connectivity index (χ2v) is 5.02. The predicted molar refractivity (Wildman–Crippen MR) is 94.7 cm³/mol. The number of nitrogens with zero attached hydrogens (tertiary/aromatic N) is 1. The van der Waals surface area contributed by atoms with E-state index in [-0.39, 0.29) is 16.4 Å². The molecule has 1 aromatic carbocycles. The maximum Gasteiger partial charge on any atom is 0.260 e. The number of halogens is 1. The Bertz CT molecular complexity index is 620. The van der Waals surface area contributed by atoms with Crippen LogP contribution >= 0.6 is 23.8 Å². The summed E-state index contributed by atoms with van der Waals surface area (Å²) in [6, 6.07) is 6.60. The van der Waals surface area contributed by atoms with Crippen LogP contribution in [-0.4, -0.2) is 28.9 Å². The smallest absolute Gasteiger partial charge is 0.260 e. The number of carbonyl (C=O) groups excluding carboxylic acids is 1. The molecule has 0 aliphatic rings. The fourth-order valence-corrected chi connectivity index (χ4v) is 1.64. The molecular formula is C15H16ClN3O2S. The van der Waals surface area contributed by atoms with E-state index in [9.17, 15) is 9.90 Å². The first kappa shape index (κ1) is 17.9. The van der Waals surface area contributed by atoms with Crippen molar-refractivity contribution < 1.29 is 9.90 Å². The van der Waals surface area contributed by atoms with Gasteiger partial charge < -0.3 is 15.7 Å². The van der Waals surface area contributed by atoms with Crippen molar-refractivity contribution in [3.8, 4) is 0 Å². The van der Waals surface area contributed by atoms with Crippen LogP contribution in [0.2, 0.25) is 5.02 Å². The molecule has 0 saturated heterocycles. The molecule has 1 aromatic rings. The van der Waals surface area contributed by atoms with E-state index in [2.05, 4.69) is 22.2 Å². The minimum Gasteiger partial charge on any atom is -0.512 e. The molecule has 0 saturated carbocycles. The number of allylic oxidation sites excluding steroid dienone is 1. The van der Waals surface area contributed by atoms with Crippen LogP contribution in [0.25, 0.3) is 0 Å². The van der Waals surface area contributed by atoms with Gasteiger partial charge in [0.25, 0.3) is 5.91 Å². The summed E-state index contributed by atoms with van der Waals surface area (Å²) in [4.78, 5) is 16.0. The largest absolute Gasteiger partial charge is 0.512 e. The highest BCUT2D eigenvalue weighted by atomic mass is 35.5. The normalized spacial score (nSPS) is 11.7. The molecule has 5 nitrogen and oxygen atoms in total. The first-order valence-corrected chi connectivity index (χ1v) is 7.12. The van der Waals surface area contributed by atoms with Crippen LogP contribution in [0.5, 0.6) is 0 Å². The molecular weight excluding hydrogens is 322 g/mol. The fourth-order valence-electron chi connectivity index (χ4n) is 1.38. The Morgan fingerprint density at radius 1 is 1.45 bits per heavy atom. The van der Waals surface area contributed by atoms with Crippen molar-refractivity contribution in [3.05, 3.63) is 53.3 Å². The number of anilines is 1. The molecule has 0 atom stereocenters. The van der Waals surface area contributed by atoms with E-state index in [4.69, 9.17) is 23.8 Å². The third-order valence-corrected chi connectivity index (χ3v) is 2.95. The van der Waals surface area contributed by atoms with E-state index < -0.39 is 5.91 Å². The summed E-state index contributed by atoms with van der Waals surface area (Å²) in [5, 5.41) is 15.8. The van der Waals surface area contributed by atoms with Gasteiger partial charge in [-0.25, -0.2) is 4.99 Å². The van der Waals surface area contributed by atoms with Crippen LogP contribution in [0, 0.1) is 0 Å². The van der Waals surface area contributed by atoms with E-state index in [1.807, 2.05) is 0 Å². The van der Waals surface area contributed by atoms with Gasteiger partial charge >= 0.3 is 0 Å². The molecule has 22 heavy (non-hydrogen) atoms. The molecule has 116 valence electrons. The molecule has 0 bridgehead atoms. The summed E-state index contributed by atoms with van der Waals surface area (Å²) in [6.45, 7) is 5.39. The maximum atomic E-state index is 12.1. The van der Waals surface area contributed by atoms with E-state index in [1.54, 1.807) is 30.3 Å². The molecule has 0 heterocycles. The zero-order chi connectivity index (χ0) is 16.5. The number of benzene rings is 1. The number of carbonyl (C=O) groups is 1. The van der Waals surface area contributed by atoms with Crippen molar-refractivity contribution in [2.24, 2.45) is 4.99 Å². The SMILES string of the molecule is C=CCNC(=S)/N=C/C(C(=O)Nc1ccc(Cl)cc1)=C(\C)O. The lowest BCUT2D eigenvalue weighted by atomic mass is 10.2. The lowest BCUT2D eigenvalue weighted by molar-refractivity contribution is -0.112. The Kier molecular flexibility index (Phi) is 7.28. The number of rotatable bonds is 5. The summed E-state index contributed by atoms with van der Waals surface area (Å²) in [6.07, 6.45) is 2.84. The van der Waals surface area contributed by atoms with Gasteiger partial charge in [0, 0.05) is 23.5 Å². The predicted octanol–water partition coefficient (Wildman–Crippen LogP) is 3.24. The van der Waals surface area contributed by atoms with Gasteiger partial charge in [0.05, 0.1) is 5.57 Å². The Labute approximate surface area is 139 Å². The highest BCUT2D eigenvalue weighted by Gasteiger charge is 2.11. The monoisotopic (exact) mass is 337 g/mol. The van der Waals surface area contributed by atoms with E-state index in [0.29, 0.717) is 17.3 Å². The van der Waals surface area contributed by atoms with Crippen molar-refractivity contribution in [3.63, 3.8) is 0 Å². The van der Waals surface area contributed by atoms with E-state index >= 15 is 0 Å². The van der Waals surface area contributed by atoms with Gasteiger partial charge in [-0.2, -0.15) is 0 Å². The molecule has 0 aromatic heterocycles. The van der Waals surface area contributed by atoms with Gasteiger partial charge in [-0.3, -0.25) is 4.79 Å². The average molecular weight is 338 g/mol. The van der Waals surface area contributed by atoms with Crippen molar-refractivity contribution in [1.29, 1.82) is 0 Å². The number of hydrogen-bond donors (Lipinski definition) is 3. The molecule has 0 aliphatic heterocycles.